The molecule has 0 fully saturated rings. The van der Waals surface area contributed by atoms with Gasteiger partial charge in [0.1, 0.15) is 5.69 Å². The molecule has 0 bridgehead atoms. The van der Waals surface area contributed by atoms with Gasteiger partial charge in [0.15, 0.2) is 6.17 Å². The zero-order chi connectivity index (χ0) is 12.4. The minimum atomic E-state index is -2.21. The molecule has 0 aliphatic rings. The van der Waals surface area contributed by atoms with Gasteiger partial charge in [-0.05, 0) is 12.1 Å². The van der Waals surface area contributed by atoms with E-state index in [9.17, 15) is 18.0 Å². The number of allylic oxidation sites excluding steroid dienone is 1. The molecule has 0 amide bonds. The van der Waals surface area contributed by atoms with E-state index >= 15 is 0 Å². The lowest BCUT2D eigenvalue weighted by Crippen LogP contribution is -2.16. The molecule has 1 atom stereocenters. The van der Waals surface area contributed by atoms with Gasteiger partial charge in [0, 0.05) is 6.08 Å². The molecule has 1 aromatic carbocycles. The molecule has 0 radical (unpaired) electrons. The van der Waals surface area contributed by atoms with Crippen LogP contribution in [-0.4, -0.2) is 9.97 Å². The number of nitrogens with zero attached hydrogens (tertiary/aromatic N) is 1. The highest BCUT2D eigenvalue weighted by molar-refractivity contribution is 5.73. The Kier molecular flexibility index (Phi) is 2.95. The van der Waals surface area contributed by atoms with Crippen LogP contribution >= 0.6 is 0 Å². The second-order valence-electron chi connectivity index (χ2n) is 3.33. The molecular formula is C11H7F3N2O. The predicted molar refractivity (Wildman–Crippen MR) is 56.5 cm³/mol. The summed E-state index contributed by atoms with van der Waals surface area (Å²) in [7, 11) is 0. The fourth-order valence-corrected chi connectivity index (χ4v) is 1.42. The summed E-state index contributed by atoms with van der Waals surface area (Å²) < 4.78 is 37.1. The third-order valence-electron chi connectivity index (χ3n) is 2.16. The number of nitrogens with one attached hydrogen (secondary N) is 1. The van der Waals surface area contributed by atoms with E-state index in [-0.39, 0.29) is 6.08 Å². The van der Waals surface area contributed by atoms with Crippen molar-refractivity contribution in [3.05, 3.63) is 52.5 Å². The van der Waals surface area contributed by atoms with E-state index in [2.05, 4.69) is 9.97 Å². The first-order valence-electron chi connectivity index (χ1n) is 4.74. The molecule has 0 aliphatic carbocycles. The molecule has 0 saturated carbocycles. The molecule has 0 saturated heterocycles. The fourth-order valence-electron chi connectivity index (χ4n) is 1.42. The second kappa shape index (κ2) is 4.40. The van der Waals surface area contributed by atoms with Crippen molar-refractivity contribution in [3.63, 3.8) is 0 Å². The van der Waals surface area contributed by atoms with Gasteiger partial charge in [-0.2, -0.15) is 8.78 Å². The van der Waals surface area contributed by atoms with Crippen LogP contribution < -0.4 is 5.56 Å². The maximum atomic E-state index is 13.3. The fraction of sp³-hybridized carbons (Fsp3) is 0.0909. The van der Waals surface area contributed by atoms with E-state index in [1.54, 1.807) is 24.3 Å². The Morgan fingerprint density at radius 1 is 1.35 bits per heavy atom. The van der Waals surface area contributed by atoms with Crippen molar-refractivity contribution in [1.82, 2.24) is 9.97 Å². The van der Waals surface area contributed by atoms with Crippen molar-refractivity contribution in [3.8, 4) is 0 Å². The average molecular weight is 240 g/mol. The number of fused-ring (bicyclic) bond motifs is 1. The molecule has 1 heterocycles. The standard InChI is InChI=1S/C11H7F3N2O/c12-6(5-9(13)14)10-11(17)16-8-4-2-1-3-7(8)15-10/h1-6H,(H,16,17). The summed E-state index contributed by atoms with van der Waals surface area (Å²) in [5.74, 6) is 0. The highest BCUT2D eigenvalue weighted by Crippen LogP contribution is 2.18. The predicted octanol–water partition coefficient (Wildman–Crippen LogP) is 2.71. The number of halogens is 3. The minimum absolute atomic E-state index is 0.0480. The van der Waals surface area contributed by atoms with Gasteiger partial charge in [0.05, 0.1) is 11.0 Å². The summed E-state index contributed by atoms with van der Waals surface area (Å²) in [5.41, 5.74) is -0.610. The maximum absolute atomic E-state index is 13.3. The van der Waals surface area contributed by atoms with Crippen LogP contribution in [0.1, 0.15) is 11.9 Å². The number of alkyl halides is 1. The molecule has 3 nitrogen and oxygen atoms in total. The van der Waals surface area contributed by atoms with Gasteiger partial charge in [-0.3, -0.25) is 4.79 Å². The smallest absolute Gasteiger partial charge is 0.273 e. The highest BCUT2D eigenvalue weighted by Gasteiger charge is 2.15. The summed E-state index contributed by atoms with van der Waals surface area (Å²) in [4.78, 5) is 17.5. The van der Waals surface area contributed by atoms with Gasteiger partial charge >= 0.3 is 0 Å². The molecule has 17 heavy (non-hydrogen) atoms. The number of rotatable bonds is 2. The highest BCUT2D eigenvalue weighted by atomic mass is 19.3. The zero-order valence-electron chi connectivity index (χ0n) is 8.45. The Labute approximate surface area is 93.6 Å². The Bertz CT molecular complexity index is 632. The Hall–Kier alpha value is -2.11. The lowest BCUT2D eigenvalue weighted by atomic mass is 10.2. The lowest BCUT2D eigenvalue weighted by Gasteiger charge is -2.03. The SMILES string of the molecule is O=c1[nH]c2ccccc2nc1C(F)C=C(F)F. The normalized spacial score (nSPS) is 12.4. The zero-order valence-corrected chi connectivity index (χ0v) is 8.45. The van der Waals surface area contributed by atoms with Gasteiger partial charge in [-0.25, -0.2) is 9.37 Å². The minimum Gasteiger partial charge on any atom is -0.319 e. The summed E-state index contributed by atoms with van der Waals surface area (Å²) in [6.45, 7) is 0. The molecule has 1 aromatic heterocycles. The van der Waals surface area contributed by atoms with Crippen molar-refractivity contribution in [2.24, 2.45) is 0 Å². The first kappa shape index (κ1) is 11.4. The summed E-state index contributed by atoms with van der Waals surface area (Å²) in [6.07, 6.45) is -4.35. The van der Waals surface area contributed by atoms with Crippen molar-refractivity contribution >= 4 is 11.0 Å². The van der Waals surface area contributed by atoms with E-state index in [0.29, 0.717) is 11.0 Å². The van der Waals surface area contributed by atoms with Crippen LogP contribution in [0.25, 0.3) is 11.0 Å². The van der Waals surface area contributed by atoms with Crippen molar-refractivity contribution in [2.45, 2.75) is 6.17 Å². The monoisotopic (exact) mass is 240 g/mol. The number of H-pyrrole nitrogens is 1. The number of benzene rings is 1. The van der Waals surface area contributed by atoms with Crippen molar-refractivity contribution < 1.29 is 13.2 Å². The van der Waals surface area contributed by atoms with Gasteiger partial charge < -0.3 is 4.98 Å². The van der Waals surface area contributed by atoms with Crippen LogP contribution in [0.5, 0.6) is 0 Å². The number of aromatic nitrogens is 2. The molecule has 0 aliphatic heterocycles. The Balaban J connectivity index is 2.58. The van der Waals surface area contributed by atoms with Crippen LogP contribution in [0, 0.1) is 0 Å². The van der Waals surface area contributed by atoms with E-state index in [1.165, 1.54) is 0 Å². The van der Waals surface area contributed by atoms with E-state index in [1.807, 2.05) is 0 Å². The Morgan fingerprint density at radius 2 is 2.06 bits per heavy atom. The van der Waals surface area contributed by atoms with Crippen molar-refractivity contribution in [1.29, 1.82) is 0 Å². The van der Waals surface area contributed by atoms with Crippen LogP contribution in [0.3, 0.4) is 0 Å². The summed E-state index contributed by atoms with van der Waals surface area (Å²) in [6, 6.07) is 6.47. The first-order chi connectivity index (χ1) is 8.08. The van der Waals surface area contributed by atoms with Crippen LogP contribution in [0.2, 0.25) is 0 Å². The third-order valence-corrected chi connectivity index (χ3v) is 2.16. The molecule has 0 spiro atoms. The quantitative estimate of drug-likeness (QED) is 0.877. The van der Waals surface area contributed by atoms with Crippen LogP contribution in [-0.2, 0) is 0 Å². The third kappa shape index (κ3) is 2.35. The van der Waals surface area contributed by atoms with Gasteiger partial charge in [-0.15, -0.1) is 0 Å². The molecule has 88 valence electrons. The molecule has 2 rings (SSSR count). The van der Waals surface area contributed by atoms with Gasteiger partial charge in [-0.1, -0.05) is 12.1 Å². The number of para-hydroxylation sites is 2. The van der Waals surface area contributed by atoms with Crippen molar-refractivity contribution in [2.75, 3.05) is 0 Å². The van der Waals surface area contributed by atoms with E-state index < -0.39 is 23.5 Å². The summed E-state index contributed by atoms with van der Waals surface area (Å²) >= 11 is 0. The van der Waals surface area contributed by atoms with Crippen LogP contribution in [0.4, 0.5) is 13.2 Å². The Morgan fingerprint density at radius 3 is 2.76 bits per heavy atom. The first-order valence-corrected chi connectivity index (χ1v) is 4.74. The lowest BCUT2D eigenvalue weighted by molar-refractivity contribution is 0.361. The number of aromatic amines is 1. The molecule has 2 aromatic rings. The second-order valence-corrected chi connectivity index (χ2v) is 3.33. The summed E-state index contributed by atoms with van der Waals surface area (Å²) in [5, 5.41) is 0. The number of hydrogen-bond acceptors (Lipinski definition) is 2. The molecular weight excluding hydrogens is 233 g/mol. The molecule has 1 unspecified atom stereocenters. The largest absolute Gasteiger partial charge is 0.319 e. The van der Waals surface area contributed by atoms with Gasteiger partial charge in [0.2, 0.25) is 0 Å². The van der Waals surface area contributed by atoms with E-state index in [0.717, 1.165) is 0 Å². The molecule has 6 heteroatoms. The van der Waals surface area contributed by atoms with E-state index in [4.69, 9.17) is 0 Å². The maximum Gasteiger partial charge on any atom is 0.273 e. The molecule has 1 N–H and O–H groups in total. The average Bonchev–Trinajstić information content (AvgIpc) is 2.27. The van der Waals surface area contributed by atoms with Crippen LogP contribution in [0.15, 0.2) is 41.2 Å². The number of hydrogen-bond donors (Lipinski definition) is 1. The van der Waals surface area contributed by atoms with Gasteiger partial charge in [0.25, 0.3) is 11.6 Å². The topological polar surface area (TPSA) is 45.8 Å².